The van der Waals surface area contributed by atoms with E-state index in [1.165, 1.54) is 12.0 Å². The number of nitrogens with one attached hydrogen (secondary N) is 2. The van der Waals surface area contributed by atoms with Gasteiger partial charge in [-0.05, 0) is 30.7 Å². The summed E-state index contributed by atoms with van der Waals surface area (Å²) in [6.07, 6.45) is 6.16. The fraction of sp³-hybridized carbons (Fsp3) is 0.600. The first kappa shape index (κ1) is 18.5. The van der Waals surface area contributed by atoms with Crippen LogP contribution in [-0.4, -0.2) is 24.4 Å². The molecule has 1 aliphatic carbocycles. The zero-order valence-corrected chi connectivity index (χ0v) is 14.9. The Hall–Kier alpha value is -1.84. The Kier molecular flexibility index (Phi) is 7.29. The van der Waals surface area contributed by atoms with Gasteiger partial charge in [0.25, 0.3) is 0 Å². The Morgan fingerprint density at radius 2 is 1.75 bits per heavy atom. The van der Waals surface area contributed by atoms with Crippen molar-refractivity contribution in [2.45, 2.75) is 58.4 Å². The predicted octanol–water partition coefficient (Wildman–Crippen LogP) is 3.07. The molecule has 0 spiro atoms. The molecule has 0 aliphatic heterocycles. The maximum atomic E-state index is 12.5. The molecule has 0 unspecified atom stereocenters. The first-order valence-corrected chi connectivity index (χ1v) is 9.20. The van der Waals surface area contributed by atoms with E-state index in [9.17, 15) is 9.59 Å². The first-order chi connectivity index (χ1) is 11.6. The summed E-state index contributed by atoms with van der Waals surface area (Å²) >= 11 is 0. The number of benzene rings is 1. The van der Waals surface area contributed by atoms with Crippen molar-refractivity contribution in [1.29, 1.82) is 0 Å². The predicted molar refractivity (Wildman–Crippen MR) is 96.5 cm³/mol. The number of carbonyl (C=O) groups excluding carboxylic acids is 2. The number of hydrogen-bond acceptors (Lipinski definition) is 2. The molecule has 0 saturated heterocycles. The van der Waals surface area contributed by atoms with Gasteiger partial charge in [0.05, 0.1) is 0 Å². The lowest BCUT2D eigenvalue weighted by Crippen LogP contribution is -2.51. The zero-order valence-electron chi connectivity index (χ0n) is 14.9. The molecule has 1 aromatic carbocycles. The minimum atomic E-state index is -0.449. The summed E-state index contributed by atoms with van der Waals surface area (Å²) in [6.45, 7) is 4.54. The van der Waals surface area contributed by atoms with Gasteiger partial charge in [-0.1, -0.05) is 63.4 Å². The number of amides is 2. The maximum absolute atomic E-state index is 12.5. The van der Waals surface area contributed by atoms with Gasteiger partial charge in [-0.3, -0.25) is 9.59 Å². The van der Waals surface area contributed by atoms with E-state index in [0.29, 0.717) is 6.54 Å². The lowest BCUT2D eigenvalue weighted by Gasteiger charge is -2.26. The summed E-state index contributed by atoms with van der Waals surface area (Å²) in [7, 11) is 0. The molecule has 1 fully saturated rings. The van der Waals surface area contributed by atoms with Crippen molar-refractivity contribution in [3.63, 3.8) is 0 Å². The van der Waals surface area contributed by atoms with Crippen molar-refractivity contribution in [3.8, 4) is 0 Å². The topological polar surface area (TPSA) is 58.2 Å². The van der Waals surface area contributed by atoms with E-state index in [0.717, 1.165) is 32.1 Å². The molecule has 1 aromatic rings. The van der Waals surface area contributed by atoms with Crippen molar-refractivity contribution < 1.29 is 9.59 Å². The van der Waals surface area contributed by atoms with E-state index in [1.807, 2.05) is 32.0 Å². The van der Waals surface area contributed by atoms with Crippen LogP contribution in [-0.2, 0) is 16.0 Å². The lowest BCUT2D eigenvalue weighted by atomic mass is 9.88. The Balaban J connectivity index is 1.82. The molecule has 2 amide bonds. The molecule has 4 nitrogen and oxygen atoms in total. The molecule has 0 radical (unpaired) electrons. The quantitative estimate of drug-likeness (QED) is 0.807. The highest BCUT2D eigenvalue weighted by molar-refractivity contribution is 5.88. The van der Waals surface area contributed by atoms with Gasteiger partial charge in [-0.2, -0.15) is 0 Å². The van der Waals surface area contributed by atoms with Crippen molar-refractivity contribution in [2.75, 3.05) is 6.54 Å². The number of hydrogen-bond donors (Lipinski definition) is 2. The van der Waals surface area contributed by atoms with Gasteiger partial charge in [0.15, 0.2) is 0 Å². The fourth-order valence-electron chi connectivity index (χ4n) is 3.26. The summed E-state index contributed by atoms with van der Waals surface area (Å²) in [4.78, 5) is 24.9. The molecular formula is C20H30N2O2. The van der Waals surface area contributed by atoms with Crippen LogP contribution in [0, 0.1) is 11.8 Å². The molecule has 0 heterocycles. The molecule has 1 aliphatic rings. The third-order valence-corrected chi connectivity index (χ3v) is 4.78. The van der Waals surface area contributed by atoms with Crippen LogP contribution in [0.15, 0.2) is 30.3 Å². The average Bonchev–Trinajstić information content (AvgIpc) is 2.60. The standard InChI is InChI=1S/C20H30N2O2/c1-15(2)18(22-19(23)17-11-7-4-8-12-17)20(24)21-14-13-16-9-5-3-6-10-16/h3,5-6,9-10,15,17-18H,4,7-8,11-14H2,1-2H3,(H,21,24)(H,22,23)/t18-/m1/s1. The molecule has 24 heavy (non-hydrogen) atoms. The van der Waals surface area contributed by atoms with Crippen LogP contribution < -0.4 is 10.6 Å². The summed E-state index contributed by atoms with van der Waals surface area (Å²) in [5.74, 6) is 0.128. The van der Waals surface area contributed by atoms with Gasteiger partial charge < -0.3 is 10.6 Å². The van der Waals surface area contributed by atoms with E-state index < -0.39 is 6.04 Å². The Labute approximate surface area is 145 Å². The number of carbonyl (C=O) groups is 2. The van der Waals surface area contributed by atoms with Crippen LogP contribution in [0.5, 0.6) is 0 Å². The van der Waals surface area contributed by atoms with Crippen molar-refractivity contribution >= 4 is 11.8 Å². The van der Waals surface area contributed by atoms with Crippen LogP contribution in [0.2, 0.25) is 0 Å². The lowest BCUT2D eigenvalue weighted by molar-refractivity contribution is -0.132. The largest absolute Gasteiger partial charge is 0.354 e. The molecule has 1 saturated carbocycles. The molecule has 1 atom stereocenters. The van der Waals surface area contributed by atoms with Gasteiger partial charge in [0.1, 0.15) is 6.04 Å². The smallest absolute Gasteiger partial charge is 0.242 e. The summed E-state index contributed by atoms with van der Waals surface area (Å²) in [5.41, 5.74) is 1.20. The highest BCUT2D eigenvalue weighted by Gasteiger charge is 2.28. The Morgan fingerprint density at radius 3 is 2.38 bits per heavy atom. The van der Waals surface area contributed by atoms with Crippen LogP contribution in [0.25, 0.3) is 0 Å². The second-order valence-corrected chi connectivity index (χ2v) is 7.09. The monoisotopic (exact) mass is 330 g/mol. The van der Waals surface area contributed by atoms with Gasteiger partial charge >= 0.3 is 0 Å². The summed E-state index contributed by atoms with van der Waals surface area (Å²) in [6, 6.07) is 9.64. The molecule has 2 rings (SSSR count). The van der Waals surface area contributed by atoms with E-state index in [4.69, 9.17) is 0 Å². The summed E-state index contributed by atoms with van der Waals surface area (Å²) in [5, 5.41) is 5.95. The second kappa shape index (κ2) is 9.45. The Morgan fingerprint density at radius 1 is 1.08 bits per heavy atom. The van der Waals surface area contributed by atoms with Gasteiger partial charge in [-0.15, -0.1) is 0 Å². The van der Waals surface area contributed by atoms with E-state index in [2.05, 4.69) is 22.8 Å². The minimum absolute atomic E-state index is 0.0478. The number of rotatable bonds is 7. The zero-order chi connectivity index (χ0) is 17.4. The molecule has 132 valence electrons. The van der Waals surface area contributed by atoms with Crippen molar-refractivity contribution in [1.82, 2.24) is 10.6 Å². The maximum Gasteiger partial charge on any atom is 0.242 e. The van der Waals surface area contributed by atoms with Crippen molar-refractivity contribution in [2.24, 2.45) is 11.8 Å². The normalized spacial score (nSPS) is 16.6. The highest BCUT2D eigenvalue weighted by atomic mass is 16.2. The van der Waals surface area contributed by atoms with Crippen LogP contribution in [0.3, 0.4) is 0 Å². The highest BCUT2D eigenvalue weighted by Crippen LogP contribution is 2.24. The molecule has 2 N–H and O–H groups in total. The fourth-order valence-corrected chi connectivity index (χ4v) is 3.26. The van der Waals surface area contributed by atoms with Crippen LogP contribution in [0.1, 0.15) is 51.5 Å². The van der Waals surface area contributed by atoms with Crippen molar-refractivity contribution in [3.05, 3.63) is 35.9 Å². The molecule has 4 heteroatoms. The Bertz CT molecular complexity index is 522. The first-order valence-electron chi connectivity index (χ1n) is 9.20. The molecular weight excluding hydrogens is 300 g/mol. The summed E-state index contributed by atoms with van der Waals surface area (Å²) < 4.78 is 0. The minimum Gasteiger partial charge on any atom is -0.354 e. The van der Waals surface area contributed by atoms with Gasteiger partial charge in [-0.25, -0.2) is 0 Å². The van der Waals surface area contributed by atoms with Gasteiger partial charge in [0.2, 0.25) is 11.8 Å². The van der Waals surface area contributed by atoms with Crippen LogP contribution >= 0.6 is 0 Å². The SMILES string of the molecule is CC(C)[C@@H](NC(=O)C1CCCCC1)C(=O)NCCc1ccccc1. The van der Waals surface area contributed by atoms with E-state index in [-0.39, 0.29) is 23.7 Å². The third kappa shape index (κ3) is 5.66. The van der Waals surface area contributed by atoms with E-state index >= 15 is 0 Å². The third-order valence-electron chi connectivity index (χ3n) is 4.78. The van der Waals surface area contributed by atoms with Crippen LogP contribution in [0.4, 0.5) is 0 Å². The van der Waals surface area contributed by atoms with Gasteiger partial charge in [0, 0.05) is 12.5 Å². The average molecular weight is 330 g/mol. The van der Waals surface area contributed by atoms with E-state index in [1.54, 1.807) is 0 Å². The molecule has 0 aromatic heterocycles. The molecule has 0 bridgehead atoms. The second-order valence-electron chi connectivity index (χ2n) is 7.09.